The van der Waals surface area contributed by atoms with Crippen LogP contribution < -0.4 is 5.56 Å². The minimum absolute atomic E-state index is 0.0109. The predicted octanol–water partition coefficient (Wildman–Crippen LogP) is 6.05. The van der Waals surface area contributed by atoms with E-state index in [4.69, 9.17) is 4.98 Å². The van der Waals surface area contributed by atoms with Crippen molar-refractivity contribution in [1.82, 2.24) is 9.55 Å². The molecule has 0 spiro atoms. The van der Waals surface area contributed by atoms with Crippen molar-refractivity contribution in [3.05, 3.63) is 107 Å². The molecule has 0 aliphatic heterocycles. The molecule has 4 aromatic rings. The van der Waals surface area contributed by atoms with E-state index >= 15 is 0 Å². The average Bonchev–Trinajstić information content (AvgIpc) is 2.78. The number of hydrogen-bond acceptors (Lipinski definition) is 3. The molecule has 4 rings (SSSR count). The molecule has 150 valence electrons. The molecule has 3 aromatic carbocycles. The van der Waals surface area contributed by atoms with E-state index in [-0.39, 0.29) is 5.56 Å². The zero-order valence-corrected chi connectivity index (χ0v) is 18.0. The summed E-state index contributed by atoms with van der Waals surface area (Å²) in [5.74, 6) is 0.865. The van der Waals surface area contributed by atoms with Crippen LogP contribution in [0.5, 0.6) is 0 Å². The first-order valence-corrected chi connectivity index (χ1v) is 11.1. The van der Waals surface area contributed by atoms with E-state index in [0.29, 0.717) is 12.1 Å². The summed E-state index contributed by atoms with van der Waals surface area (Å²) in [5, 5.41) is 0.770. The molecule has 0 saturated carbocycles. The van der Waals surface area contributed by atoms with Gasteiger partial charge in [-0.1, -0.05) is 104 Å². The van der Waals surface area contributed by atoms with E-state index in [0.717, 1.165) is 27.7 Å². The second kappa shape index (κ2) is 9.14. The topological polar surface area (TPSA) is 34.9 Å². The lowest BCUT2D eigenvalue weighted by Gasteiger charge is -2.15. The Hall–Kier alpha value is -3.11. The van der Waals surface area contributed by atoms with Crippen molar-refractivity contribution in [2.45, 2.75) is 25.5 Å². The van der Waals surface area contributed by atoms with Crippen LogP contribution in [0.1, 0.15) is 18.2 Å². The van der Waals surface area contributed by atoms with Gasteiger partial charge in [0.25, 0.3) is 5.56 Å². The normalized spacial score (nSPS) is 10.9. The maximum absolute atomic E-state index is 13.5. The molecule has 0 aliphatic carbocycles. The lowest BCUT2D eigenvalue weighted by molar-refractivity contribution is 0.641. The number of thioether (sulfide) groups is 1. The second-order valence-corrected chi connectivity index (χ2v) is 8.34. The first-order valence-electron chi connectivity index (χ1n) is 10.1. The first-order chi connectivity index (χ1) is 14.7. The first kappa shape index (κ1) is 20.2. The van der Waals surface area contributed by atoms with E-state index in [1.165, 1.54) is 11.1 Å². The van der Waals surface area contributed by atoms with Crippen LogP contribution in [-0.2, 0) is 6.54 Å². The number of aryl methyl sites for hydroxylation is 1. The maximum atomic E-state index is 13.5. The van der Waals surface area contributed by atoms with Gasteiger partial charge in [-0.25, -0.2) is 4.98 Å². The van der Waals surface area contributed by atoms with Gasteiger partial charge < -0.3 is 0 Å². The van der Waals surface area contributed by atoms with Gasteiger partial charge in [-0.2, -0.15) is 0 Å². The SMILES string of the molecule is CCSc1nc(C)c(-c2ccccc2)c(=O)n1Cc1ccc(-c2ccccc2)cc1. The van der Waals surface area contributed by atoms with Crippen LogP contribution in [0.4, 0.5) is 0 Å². The van der Waals surface area contributed by atoms with Crippen molar-refractivity contribution >= 4 is 11.8 Å². The highest BCUT2D eigenvalue weighted by atomic mass is 32.2. The molecule has 0 radical (unpaired) electrons. The maximum Gasteiger partial charge on any atom is 0.262 e. The fourth-order valence-electron chi connectivity index (χ4n) is 3.57. The average molecular weight is 413 g/mol. The van der Waals surface area contributed by atoms with Gasteiger partial charge in [0.15, 0.2) is 5.16 Å². The Labute approximate surface area is 181 Å². The third kappa shape index (κ3) is 4.24. The number of aromatic nitrogens is 2. The molecule has 30 heavy (non-hydrogen) atoms. The largest absolute Gasteiger partial charge is 0.283 e. The van der Waals surface area contributed by atoms with Crippen LogP contribution in [-0.4, -0.2) is 15.3 Å². The third-order valence-corrected chi connectivity index (χ3v) is 5.91. The summed E-state index contributed by atoms with van der Waals surface area (Å²) in [5.41, 5.74) is 5.81. The highest BCUT2D eigenvalue weighted by Gasteiger charge is 2.16. The monoisotopic (exact) mass is 412 g/mol. The molecule has 3 nitrogen and oxygen atoms in total. The van der Waals surface area contributed by atoms with Crippen LogP contribution in [0.25, 0.3) is 22.3 Å². The minimum atomic E-state index is 0.0109. The van der Waals surface area contributed by atoms with Gasteiger partial charge in [0, 0.05) is 0 Å². The van der Waals surface area contributed by atoms with Crippen LogP contribution in [0.3, 0.4) is 0 Å². The van der Waals surface area contributed by atoms with Crippen molar-refractivity contribution in [2.75, 3.05) is 5.75 Å². The summed E-state index contributed by atoms with van der Waals surface area (Å²) in [7, 11) is 0. The summed E-state index contributed by atoms with van der Waals surface area (Å²) in [6.07, 6.45) is 0. The molecule has 0 saturated heterocycles. The van der Waals surface area contributed by atoms with Crippen molar-refractivity contribution in [1.29, 1.82) is 0 Å². The van der Waals surface area contributed by atoms with E-state index < -0.39 is 0 Å². The van der Waals surface area contributed by atoms with Crippen LogP contribution >= 0.6 is 11.8 Å². The fourth-order valence-corrected chi connectivity index (χ4v) is 4.33. The molecular formula is C26H24N2OS. The Balaban J connectivity index is 1.73. The summed E-state index contributed by atoms with van der Waals surface area (Å²) >= 11 is 1.61. The van der Waals surface area contributed by atoms with Crippen molar-refractivity contribution < 1.29 is 0 Å². The second-order valence-electron chi connectivity index (χ2n) is 7.11. The van der Waals surface area contributed by atoms with Crippen LogP contribution in [0.2, 0.25) is 0 Å². The van der Waals surface area contributed by atoms with Crippen molar-refractivity contribution in [3.8, 4) is 22.3 Å². The van der Waals surface area contributed by atoms with E-state index in [9.17, 15) is 4.79 Å². The smallest absolute Gasteiger partial charge is 0.262 e. The highest BCUT2D eigenvalue weighted by molar-refractivity contribution is 7.99. The lowest BCUT2D eigenvalue weighted by Crippen LogP contribution is -2.26. The van der Waals surface area contributed by atoms with Gasteiger partial charge in [0.05, 0.1) is 17.8 Å². The Bertz CT molecular complexity index is 1180. The number of benzene rings is 3. The zero-order chi connectivity index (χ0) is 20.9. The van der Waals surface area contributed by atoms with Crippen LogP contribution in [0, 0.1) is 6.92 Å². The van der Waals surface area contributed by atoms with Crippen molar-refractivity contribution in [2.24, 2.45) is 0 Å². The van der Waals surface area contributed by atoms with Gasteiger partial charge in [0.2, 0.25) is 0 Å². The standard InChI is InChI=1S/C26H24N2OS/c1-3-30-26-27-19(2)24(23-12-8-5-9-13-23)25(29)28(26)18-20-14-16-22(17-15-20)21-10-6-4-7-11-21/h4-17H,3,18H2,1-2H3. The Morgan fingerprint density at radius 1 is 0.800 bits per heavy atom. The molecule has 1 heterocycles. The van der Waals surface area contributed by atoms with Gasteiger partial charge in [-0.15, -0.1) is 0 Å². The van der Waals surface area contributed by atoms with E-state index in [1.807, 2.05) is 55.5 Å². The predicted molar refractivity (Wildman–Crippen MR) is 126 cm³/mol. The number of nitrogens with zero attached hydrogens (tertiary/aromatic N) is 2. The molecule has 0 bridgehead atoms. The molecule has 0 aliphatic rings. The third-order valence-electron chi connectivity index (χ3n) is 5.05. The van der Waals surface area contributed by atoms with Gasteiger partial charge in [-0.3, -0.25) is 9.36 Å². The number of hydrogen-bond donors (Lipinski definition) is 0. The lowest BCUT2D eigenvalue weighted by atomic mass is 10.0. The summed E-state index contributed by atoms with van der Waals surface area (Å²) in [6, 6.07) is 28.5. The Kier molecular flexibility index (Phi) is 6.15. The molecule has 0 N–H and O–H groups in total. The molecule has 0 amide bonds. The quantitative estimate of drug-likeness (QED) is 0.286. The summed E-state index contributed by atoms with van der Waals surface area (Å²) in [6.45, 7) is 4.50. The molecule has 4 heteroatoms. The molecule has 0 unspecified atom stereocenters. The minimum Gasteiger partial charge on any atom is -0.283 e. The van der Waals surface area contributed by atoms with Crippen molar-refractivity contribution in [3.63, 3.8) is 0 Å². The Morgan fingerprint density at radius 2 is 1.37 bits per heavy atom. The summed E-state index contributed by atoms with van der Waals surface area (Å²) in [4.78, 5) is 18.3. The highest BCUT2D eigenvalue weighted by Crippen LogP contribution is 2.24. The zero-order valence-electron chi connectivity index (χ0n) is 17.2. The fraction of sp³-hybridized carbons (Fsp3) is 0.154. The van der Waals surface area contributed by atoms with Gasteiger partial charge in [0.1, 0.15) is 0 Å². The van der Waals surface area contributed by atoms with Gasteiger partial charge in [-0.05, 0) is 34.9 Å². The Morgan fingerprint density at radius 3 is 1.97 bits per heavy atom. The number of rotatable bonds is 6. The van der Waals surface area contributed by atoms with E-state index in [1.54, 1.807) is 16.3 Å². The van der Waals surface area contributed by atoms with Gasteiger partial charge >= 0.3 is 0 Å². The van der Waals surface area contributed by atoms with E-state index in [2.05, 4.69) is 43.3 Å². The molecule has 0 atom stereocenters. The molecular weight excluding hydrogens is 388 g/mol. The molecule has 1 aromatic heterocycles. The molecule has 0 fully saturated rings. The summed E-state index contributed by atoms with van der Waals surface area (Å²) < 4.78 is 1.81. The van der Waals surface area contributed by atoms with Crippen LogP contribution in [0.15, 0.2) is 94.9 Å².